The molecule has 7 heteroatoms. The third-order valence-corrected chi connectivity index (χ3v) is 5.44. The number of carbonyl (C=O) groups is 1. The first-order valence-corrected chi connectivity index (χ1v) is 10.7. The minimum absolute atomic E-state index is 0.270. The van der Waals surface area contributed by atoms with E-state index < -0.39 is 0 Å². The molecular weight excluding hydrogens is 411 g/mol. The lowest BCUT2D eigenvalue weighted by molar-refractivity contribution is 0.0957. The Kier molecular flexibility index (Phi) is 5.99. The molecule has 4 rings (SSSR count). The number of hydrogen-bond donors (Lipinski definition) is 1. The van der Waals surface area contributed by atoms with Crippen molar-refractivity contribution in [2.24, 2.45) is 0 Å². The number of fused-ring (bicyclic) bond motifs is 1. The molecule has 0 bridgehead atoms. The lowest BCUT2D eigenvalue weighted by atomic mass is 9.97. The molecule has 1 amide bonds. The van der Waals surface area contributed by atoms with Crippen LogP contribution >= 0.6 is 0 Å². The number of benzene rings is 2. The van der Waals surface area contributed by atoms with Crippen LogP contribution in [0.1, 0.15) is 42.6 Å². The molecule has 2 aromatic heterocycles. The van der Waals surface area contributed by atoms with Crippen LogP contribution in [0.4, 0.5) is 4.39 Å². The van der Waals surface area contributed by atoms with Crippen LogP contribution in [-0.4, -0.2) is 24.7 Å². The number of ether oxygens (including phenoxy) is 1. The first-order chi connectivity index (χ1) is 15.5. The molecule has 0 saturated carbocycles. The Morgan fingerprint density at radius 3 is 2.50 bits per heavy atom. The topological polar surface area (TPSA) is 77.5 Å². The van der Waals surface area contributed by atoms with Crippen LogP contribution in [0.25, 0.3) is 33.4 Å². The molecule has 0 atom stereocenters. The summed E-state index contributed by atoms with van der Waals surface area (Å²) in [5.74, 6) is 1.09. The molecule has 0 aliphatic rings. The smallest absolute Gasteiger partial charge is 0.255 e. The molecule has 2 heterocycles. The Labute approximate surface area is 185 Å². The summed E-state index contributed by atoms with van der Waals surface area (Å²) in [7, 11) is 1.59. The molecular formula is C25H25FN2O4. The van der Waals surface area contributed by atoms with Gasteiger partial charge in [-0.15, -0.1) is 0 Å². The van der Waals surface area contributed by atoms with Gasteiger partial charge in [-0.25, -0.2) is 4.39 Å². The number of aromatic nitrogens is 1. The maximum Gasteiger partial charge on any atom is 0.255 e. The summed E-state index contributed by atoms with van der Waals surface area (Å²) in [6, 6.07) is 9.53. The fourth-order valence-corrected chi connectivity index (χ4v) is 3.92. The first kappa shape index (κ1) is 21.6. The first-order valence-electron chi connectivity index (χ1n) is 10.7. The van der Waals surface area contributed by atoms with Gasteiger partial charge in [0.25, 0.3) is 5.91 Å². The minimum Gasteiger partial charge on any atom is -0.496 e. The van der Waals surface area contributed by atoms with Gasteiger partial charge < -0.3 is 19.0 Å². The van der Waals surface area contributed by atoms with Crippen LogP contribution in [0.15, 0.2) is 45.3 Å². The van der Waals surface area contributed by atoms with E-state index in [2.05, 4.69) is 10.5 Å². The predicted octanol–water partition coefficient (Wildman–Crippen LogP) is 5.78. The number of amides is 1. The van der Waals surface area contributed by atoms with Gasteiger partial charge in [-0.05, 0) is 49.7 Å². The lowest BCUT2D eigenvalue weighted by Gasteiger charge is -2.10. The minimum atomic E-state index is -0.361. The van der Waals surface area contributed by atoms with E-state index in [0.717, 1.165) is 22.6 Å². The van der Waals surface area contributed by atoms with Crippen LogP contribution in [-0.2, 0) is 12.8 Å². The number of rotatable bonds is 7. The molecule has 0 aliphatic heterocycles. The van der Waals surface area contributed by atoms with E-state index in [4.69, 9.17) is 13.7 Å². The van der Waals surface area contributed by atoms with Crippen molar-refractivity contribution in [3.8, 4) is 28.2 Å². The van der Waals surface area contributed by atoms with Crippen LogP contribution in [0.2, 0.25) is 0 Å². The van der Waals surface area contributed by atoms with E-state index >= 15 is 0 Å². The molecule has 6 nitrogen and oxygen atoms in total. The second-order valence-corrected chi connectivity index (χ2v) is 7.36. The van der Waals surface area contributed by atoms with Crippen LogP contribution in [0, 0.1) is 5.82 Å². The normalized spacial score (nSPS) is 11.2. The lowest BCUT2D eigenvalue weighted by Crippen LogP contribution is -2.22. The molecule has 0 spiro atoms. The van der Waals surface area contributed by atoms with Crippen molar-refractivity contribution >= 4 is 16.9 Å². The number of carbonyl (C=O) groups excluding carboxylic acids is 1. The van der Waals surface area contributed by atoms with E-state index in [1.54, 1.807) is 25.3 Å². The third kappa shape index (κ3) is 3.64. The second kappa shape index (κ2) is 8.86. The average molecular weight is 436 g/mol. The van der Waals surface area contributed by atoms with Crippen LogP contribution in [0.3, 0.4) is 0 Å². The zero-order chi connectivity index (χ0) is 22.8. The Balaban J connectivity index is 2.01. The number of aryl methyl sites for hydroxylation is 2. The number of nitrogens with zero attached hydrogens (tertiary/aromatic N) is 1. The fourth-order valence-electron chi connectivity index (χ4n) is 3.92. The summed E-state index contributed by atoms with van der Waals surface area (Å²) in [5, 5.41) is 7.66. The van der Waals surface area contributed by atoms with Crippen molar-refractivity contribution in [2.45, 2.75) is 33.6 Å². The average Bonchev–Trinajstić information content (AvgIpc) is 3.39. The summed E-state index contributed by atoms with van der Waals surface area (Å²) >= 11 is 0. The van der Waals surface area contributed by atoms with E-state index in [-0.39, 0.29) is 11.7 Å². The van der Waals surface area contributed by atoms with Crippen molar-refractivity contribution < 1.29 is 22.9 Å². The van der Waals surface area contributed by atoms with Gasteiger partial charge in [0, 0.05) is 29.5 Å². The summed E-state index contributed by atoms with van der Waals surface area (Å²) in [6.45, 7) is 6.32. The molecule has 0 radical (unpaired) electrons. The van der Waals surface area contributed by atoms with Gasteiger partial charge in [-0.1, -0.05) is 19.0 Å². The second-order valence-electron chi connectivity index (χ2n) is 7.36. The Bertz CT molecular complexity index is 1250. The van der Waals surface area contributed by atoms with Gasteiger partial charge >= 0.3 is 0 Å². The Morgan fingerprint density at radius 2 is 1.88 bits per heavy atom. The van der Waals surface area contributed by atoms with Crippen LogP contribution < -0.4 is 10.1 Å². The molecule has 1 N–H and O–H groups in total. The van der Waals surface area contributed by atoms with Gasteiger partial charge in [0.2, 0.25) is 0 Å². The number of hydrogen-bond acceptors (Lipinski definition) is 5. The summed E-state index contributed by atoms with van der Waals surface area (Å²) in [6.07, 6.45) is 1.37. The number of halogens is 1. The van der Waals surface area contributed by atoms with E-state index in [0.29, 0.717) is 53.0 Å². The summed E-state index contributed by atoms with van der Waals surface area (Å²) in [4.78, 5) is 13.0. The van der Waals surface area contributed by atoms with Gasteiger partial charge in [0.15, 0.2) is 0 Å². The van der Waals surface area contributed by atoms with E-state index in [1.807, 2.05) is 26.8 Å². The quantitative estimate of drug-likeness (QED) is 0.398. The molecule has 0 saturated heterocycles. The number of nitrogens with one attached hydrogen (secondary N) is 1. The van der Waals surface area contributed by atoms with Crippen molar-refractivity contribution in [3.05, 3.63) is 59.2 Å². The highest BCUT2D eigenvalue weighted by Gasteiger charge is 2.26. The third-order valence-electron chi connectivity index (χ3n) is 5.44. The van der Waals surface area contributed by atoms with Crippen LogP contribution in [0.5, 0.6) is 5.75 Å². The largest absolute Gasteiger partial charge is 0.496 e. The van der Waals surface area contributed by atoms with Crippen molar-refractivity contribution in [3.63, 3.8) is 0 Å². The molecule has 2 aromatic carbocycles. The Morgan fingerprint density at radius 1 is 1.12 bits per heavy atom. The maximum atomic E-state index is 13.5. The van der Waals surface area contributed by atoms with Crippen molar-refractivity contribution in [2.75, 3.05) is 13.7 Å². The summed E-state index contributed by atoms with van der Waals surface area (Å²) in [5.41, 5.74) is 4.01. The monoisotopic (exact) mass is 436 g/mol. The molecule has 4 aromatic rings. The van der Waals surface area contributed by atoms with E-state index in [1.165, 1.54) is 12.1 Å². The zero-order valence-electron chi connectivity index (χ0n) is 18.5. The van der Waals surface area contributed by atoms with E-state index in [9.17, 15) is 9.18 Å². The SMILES string of the molecule is CCNC(=O)c1c(-c2ccc(F)cc2)oc2cc(-c3c(CC)noc3CC)c(OC)cc12. The van der Waals surface area contributed by atoms with Gasteiger partial charge in [0.1, 0.15) is 28.7 Å². The standard InChI is InChI=1S/C25H25FN2O4/c1-5-18-22(19(6-2)32-28-18)16-13-21-17(12-20(16)30-4)23(25(29)27-7-3)24(31-21)14-8-10-15(26)11-9-14/h8-13H,5-7H2,1-4H3,(H,27,29). The Hall–Kier alpha value is -3.61. The van der Waals surface area contributed by atoms with Gasteiger partial charge in [-0.2, -0.15) is 0 Å². The highest BCUT2D eigenvalue weighted by molar-refractivity contribution is 6.12. The van der Waals surface area contributed by atoms with Crippen molar-refractivity contribution in [1.29, 1.82) is 0 Å². The maximum absolute atomic E-state index is 13.5. The molecule has 0 aliphatic carbocycles. The molecule has 0 unspecified atom stereocenters. The highest BCUT2D eigenvalue weighted by atomic mass is 19.1. The zero-order valence-corrected chi connectivity index (χ0v) is 18.5. The molecule has 166 valence electrons. The number of methoxy groups -OCH3 is 1. The number of furan rings is 1. The van der Waals surface area contributed by atoms with Crippen molar-refractivity contribution in [1.82, 2.24) is 10.5 Å². The predicted molar refractivity (Wildman–Crippen MR) is 120 cm³/mol. The fraction of sp³-hybridized carbons (Fsp3) is 0.280. The molecule has 0 fully saturated rings. The van der Waals surface area contributed by atoms with Gasteiger partial charge in [0.05, 0.1) is 23.9 Å². The summed E-state index contributed by atoms with van der Waals surface area (Å²) < 4.78 is 30.9. The molecule has 32 heavy (non-hydrogen) atoms. The van der Waals surface area contributed by atoms with Gasteiger partial charge in [-0.3, -0.25) is 4.79 Å². The highest BCUT2D eigenvalue weighted by Crippen LogP contribution is 2.42.